The number of fused-ring (bicyclic) bond motifs is 1. The van der Waals surface area contributed by atoms with E-state index in [1.54, 1.807) is 0 Å². The highest BCUT2D eigenvalue weighted by molar-refractivity contribution is 6.30. The van der Waals surface area contributed by atoms with Gasteiger partial charge in [-0.3, -0.25) is 14.2 Å². The molecule has 12 heteroatoms. The third kappa shape index (κ3) is 4.40. The molecule has 0 unspecified atom stereocenters. The molecule has 0 radical (unpaired) electrons. The molecule has 8 nitrogen and oxygen atoms in total. The average Bonchev–Trinajstić information content (AvgIpc) is 3.09. The molecule has 0 spiro atoms. The first-order chi connectivity index (χ1) is 14.8. The smallest absolute Gasteiger partial charge is 0.283 e. The maximum absolute atomic E-state index is 13.8. The van der Waals surface area contributed by atoms with Crippen molar-refractivity contribution in [3.8, 4) is 0 Å². The van der Waals surface area contributed by atoms with Gasteiger partial charge in [0.2, 0.25) is 5.91 Å². The number of rotatable bonds is 5. The Hall–Kier alpha value is -3.73. The summed E-state index contributed by atoms with van der Waals surface area (Å²) in [7, 11) is 0. The van der Waals surface area contributed by atoms with Crippen LogP contribution in [-0.4, -0.2) is 30.5 Å². The lowest BCUT2D eigenvalue weighted by Crippen LogP contribution is -2.28. The van der Waals surface area contributed by atoms with E-state index in [0.717, 1.165) is 35.2 Å². The van der Waals surface area contributed by atoms with Gasteiger partial charge in [0.25, 0.3) is 5.56 Å². The molecular formula is C19H12ClF3N6O2. The van der Waals surface area contributed by atoms with Crippen molar-refractivity contribution in [2.75, 3.05) is 5.32 Å². The molecule has 0 aliphatic heterocycles. The van der Waals surface area contributed by atoms with Crippen molar-refractivity contribution in [3.05, 3.63) is 81.1 Å². The van der Waals surface area contributed by atoms with E-state index in [1.165, 1.54) is 16.8 Å². The number of nitrogens with one attached hydrogen (secondary N) is 1. The van der Waals surface area contributed by atoms with Crippen LogP contribution in [-0.2, 0) is 17.9 Å². The Bertz CT molecular complexity index is 1350. The first-order valence-corrected chi connectivity index (χ1v) is 9.16. The van der Waals surface area contributed by atoms with Crippen molar-refractivity contribution in [2.24, 2.45) is 0 Å². The molecule has 0 saturated heterocycles. The molecule has 4 rings (SSSR count). The minimum atomic E-state index is -0.752. The Labute approximate surface area is 176 Å². The molecule has 1 amide bonds. The predicted molar refractivity (Wildman–Crippen MR) is 105 cm³/mol. The van der Waals surface area contributed by atoms with Gasteiger partial charge in [0.15, 0.2) is 11.2 Å². The van der Waals surface area contributed by atoms with Gasteiger partial charge in [-0.15, -0.1) is 5.10 Å². The molecule has 1 N–H and O–H groups in total. The van der Waals surface area contributed by atoms with Crippen LogP contribution in [0.4, 0.5) is 18.9 Å². The maximum atomic E-state index is 13.8. The zero-order valence-corrected chi connectivity index (χ0v) is 16.3. The van der Waals surface area contributed by atoms with Crippen molar-refractivity contribution in [1.82, 2.24) is 24.5 Å². The highest BCUT2D eigenvalue weighted by atomic mass is 35.5. The molecule has 0 aliphatic carbocycles. The second kappa shape index (κ2) is 8.19. The average molecular weight is 449 g/mol. The van der Waals surface area contributed by atoms with Crippen LogP contribution in [0.3, 0.4) is 0 Å². The number of hydrogen-bond acceptors (Lipinski definition) is 5. The van der Waals surface area contributed by atoms with Gasteiger partial charge in [0, 0.05) is 11.1 Å². The van der Waals surface area contributed by atoms with Crippen LogP contribution in [0.15, 0.2) is 47.5 Å². The number of aromatic nitrogens is 5. The largest absolute Gasteiger partial charge is 0.322 e. The Morgan fingerprint density at radius 1 is 1.10 bits per heavy atom. The van der Waals surface area contributed by atoms with E-state index in [2.05, 4.69) is 20.6 Å². The molecular weight excluding hydrogens is 437 g/mol. The summed E-state index contributed by atoms with van der Waals surface area (Å²) < 4.78 is 42.8. The maximum Gasteiger partial charge on any atom is 0.283 e. The van der Waals surface area contributed by atoms with Gasteiger partial charge in [-0.05, 0) is 35.9 Å². The Kier molecular flexibility index (Phi) is 5.42. The lowest BCUT2D eigenvalue weighted by Gasteiger charge is -2.08. The number of anilines is 1. The van der Waals surface area contributed by atoms with Gasteiger partial charge in [0.1, 0.15) is 30.3 Å². The fraction of sp³-hybridized carbons (Fsp3) is 0.105. The van der Waals surface area contributed by atoms with E-state index in [-0.39, 0.29) is 34.0 Å². The summed E-state index contributed by atoms with van der Waals surface area (Å²) >= 11 is 5.67. The van der Waals surface area contributed by atoms with Crippen LogP contribution in [0.25, 0.3) is 11.2 Å². The molecule has 158 valence electrons. The van der Waals surface area contributed by atoms with E-state index < -0.39 is 35.5 Å². The molecule has 2 aromatic carbocycles. The summed E-state index contributed by atoms with van der Waals surface area (Å²) in [4.78, 5) is 28.9. The van der Waals surface area contributed by atoms with Crippen LogP contribution >= 0.6 is 11.6 Å². The Morgan fingerprint density at radius 3 is 2.55 bits per heavy atom. The van der Waals surface area contributed by atoms with Gasteiger partial charge in [-0.2, -0.15) is 0 Å². The fourth-order valence-electron chi connectivity index (χ4n) is 2.92. The topological polar surface area (TPSA) is 94.7 Å². The highest BCUT2D eigenvalue weighted by Crippen LogP contribution is 2.19. The highest BCUT2D eigenvalue weighted by Gasteiger charge is 2.15. The van der Waals surface area contributed by atoms with Crippen molar-refractivity contribution in [3.63, 3.8) is 0 Å². The van der Waals surface area contributed by atoms with Crippen molar-refractivity contribution >= 4 is 34.4 Å². The summed E-state index contributed by atoms with van der Waals surface area (Å²) in [5.74, 6) is -2.90. The van der Waals surface area contributed by atoms with E-state index in [0.29, 0.717) is 0 Å². The third-order valence-corrected chi connectivity index (χ3v) is 4.50. The summed E-state index contributed by atoms with van der Waals surface area (Å²) in [5.41, 5.74) is -0.544. The lowest BCUT2D eigenvalue weighted by atomic mass is 10.2. The Balaban J connectivity index is 1.56. The molecule has 0 bridgehead atoms. The quantitative estimate of drug-likeness (QED) is 0.506. The van der Waals surface area contributed by atoms with Crippen LogP contribution in [0.5, 0.6) is 0 Å². The SMILES string of the molecule is O=C(Cn1cnc2c(nnn2Cc2cc(F)cc(F)c2)c1=O)Nc1ccc(Cl)cc1F. The molecule has 4 aromatic rings. The van der Waals surface area contributed by atoms with E-state index in [9.17, 15) is 22.8 Å². The predicted octanol–water partition coefficient (Wildman–Crippen LogP) is 2.75. The van der Waals surface area contributed by atoms with Gasteiger partial charge in [0.05, 0.1) is 12.2 Å². The van der Waals surface area contributed by atoms with Crippen LogP contribution in [0.1, 0.15) is 5.56 Å². The Morgan fingerprint density at radius 2 is 1.84 bits per heavy atom. The van der Waals surface area contributed by atoms with Crippen molar-refractivity contribution in [1.29, 1.82) is 0 Å². The van der Waals surface area contributed by atoms with Crippen molar-refractivity contribution in [2.45, 2.75) is 13.1 Å². The van der Waals surface area contributed by atoms with Gasteiger partial charge in [-0.25, -0.2) is 22.8 Å². The first kappa shape index (κ1) is 20.5. The number of amides is 1. The summed E-state index contributed by atoms with van der Waals surface area (Å²) in [6.45, 7) is -0.524. The minimum Gasteiger partial charge on any atom is -0.322 e. The molecule has 2 heterocycles. The van der Waals surface area contributed by atoms with Gasteiger partial charge >= 0.3 is 0 Å². The van der Waals surface area contributed by atoms with Crippen molar-refractivity contribution < 1.29 is 18.0 Å². The molecule has 0 atom stereocenters. The number of carbonyl (C=O) groups is 1. The number of nitrogens with zero attached hydrogens (tertiary/aromatic N) is 5. The molecule has 0 saturated carbocycles. The second-order valence-corrected chi connectivity index (χ2v) is 6.98. The van der Waals surface area contributed by atoms with Crippen LogP contribution in [0, 0.1) is 17.5 Å². The second-order valence-electron chi connectivity index (χ2n) is 6.55. The molecule has 2 aromatic heterocycles. The minimum absolute atomic E-state index is 0.0715. The summed E-state index contributed by atoms with van der Waals surface area (Å²) in [6.07, 6.45) is 1.11. The standard InChI is InChI=1S/C19H12ClF3N6O2/c20-11-1-2-15(14(23)5-11)25-16(30)8-28-9-24-18-17(19(28)31)26-27-29(18)7-10-3-12(21)6-13(22)4-10/h1-6,9H,7-8H2,(H,25,30). The van der Waals surface area contributed by atoms with Crippen LogP contribution < -0.4 is 10.9 Å². The normalized spacial score (nSPS) is 11.1. The fourth-order valence-corrected chi connectivity index (χ4v) is 3.08. The number of carbonyl (C=O) groups excluding carboxylic acids is 1. The number of halogens is 4. The van der Waals surface area contributed by atoms with Gasteiger partial charge in [-0.1, -0.05) is 16.8 Å². The lowest BCUT2D eigenvalue weighted by molar-refractivity contribution is -0.116. The zero-order valence-electron chi connectivity index (χ0n) is 15.5. The molecule has 0 fully saturated rings. The summed E-state index contributed by atoms with van der Waals surface area (Å²) in [6, 6.07) is 6.72. The monoisotopic (exact) mass is 448 g/mol. The summed E-state index contributed by atoms with van der Waals surface area (Å²) in [5, 5.41) is 10.1. The molecule has 0 aliphatic rings. The third-order valence-electron chi connectivity index (χ3n) is 4.27. The van der Waals surface area contributed by atoms with E-state index in [4.69, 9.17) is 11.6 Å². The zero-order chi connectivity index (χ0) is 22.1. The number of benzene rings is 2. The number of hydrogen-bond donors (Lipinski definition) is 1. The van der Waals surface area contributed by atoms with Gasteiger partial charge < -0.3 is 5.32 Å². The van der Waals surface area contributed by atoms with Crippen LogP contribution in [0.2, 0.25) is 5.02 Å². The van der Waals surface area contributed by atoms with E-state index in [1.807, 2.05) is 0 Å². The first-order valence-electron chi connectivity index (χ1n) is 8.78. The van der Waals surface area contributed by atoms with E-state index >= 15 is 0 Å². The molecule has 31 heavy (non-hydrogen) atoms.